The molecular formula is C8H13NO2S2. The van der Waals surface area contributed by atoms with Gasteiger partial charge in [0.15, 0.2) is 0 Å². The number of thioether (sulfide) groups is 1. The third-order valence-electron chi connectivity index (χ3n) is 1.93. The van der Waals surface area contributed by atoms with Crippen LogP contribution < -0.4 is 0 Å². The fourth-order valence-electron chi connectivity index (χ4n) is 1.19. The van der Waals surface area contributed by atoms with Crippen LogP contribution in [0.15, 0.2) is 0 Å². The van der Waals surface area contributed by atoms with E-state index in [-0.39, 0.29) is 5.91 Å². The average molecular weight is 219 g/mol. The summed E-state index contributed by atoms with van der Waals surface area (Å²) >= 11 is 6.27. The van der Waals surface area contributed by atoms with Gasteiger partial charge in [-0.25, -0.2) is 0 Å². The first kappa shape index (κ1) is 10.8. The Hall–Kier alpha value is -0.290. The van der Waals surface area contributed by atoms with Gasteiger partial charge < -0.3 is 9.64 Å². The van der Waals surface area contributed by atoms with E-state index in [9.17, 15) is 4.79 Å². The Labute approximate surface area is 87.8 Å². The van der Waals surface area contributed by atoms with Crippen molar-refractivity contribution in [1.29, 1.82) is 0 Å². The SMILES string of the molecule is COC(=S)SCN1CCCCC1=O. The molecule has 13 heavy (non-hydrogen) atoms. The molecule has 0 radical (unpaired) electrons. The number of thiocarbonyl (C=S) groups is 1. The lowest BCUT2D eigenvalue weighted by Crippen LogP contribution is -2.35. The molecule has 0 aromatic rings. The number of carbonyl (C=O) groups is 1. The van der Waals surface area contributed by atoms with Crippen LogP contribution in [0.2, 0.25) is 0 Å². The van der Waals surface area contributed by atoms with Crippen LogP contribution in [0.1, 0.15) is 19.3 Å². The van der Waals surface area contributed by atoms with Crippen LogP contribution in [0.4, 0.5) is 0 Å². The maximum absolute atomic E-state index is 11.3. The van der Waals surface area contributed by atoms with Gasteiger partial charge in [0.2, 0.25) is 10.3 Å². The monoisotopic (exact) mass is 219 g/mol. The molecule has 0 aliphatic carbocycles. The van der Waals surface area contributed by atoms with Gasteiger partial charge in [0.05, 0.1) is 13.0 Å². The molecule has 3 nitrogen and oxygen atoms in total. The first-order valence-corrected chi connectivity index (χ1v) is 5.62. The van der Waals surface area contributed by atoms with Crippen LogP contribution in [0, 0.1) is 0 Å². The number of hydrogen-bond acceptors (Lipinski definition) is 4. The molecule has 1 fully saturated rings. The molecule has 1 aliphatic heterocycles. The zero-order valence-electron chi connectivity index (χ0n) is 7.62. The number of amides is 1. The maximum Gasteiger partial charge on any atom is 0.223 e. The van der Waals surface area contributed by atoms with Crippen molar-refractivity contribution in [3.05, 3.63) is 0 Å². The van der Waals surface area contributed by atoms with Crippen molar-refractivity contribution in [2.24, 2.45) is 0 Å². The summed E-state index contributed by atoms with van der Waals surface area (Å²) in [6, 6.07) is 0. The lowest BCUT2D eigenvalue weighted by Gasteiger charge is -2.25. The minimum absolute atomic E-state index is 0.234. The predicted molar refractivity (Wildman–Crippen MR) is 57.6 cm³/mol. The molecule has 0 aromatic carbocycles. The van der Waals surface area contributed by atoms with E-state index in [1.165, 1.54) is 11.8 Å². The highest BCUT2D eigenvalue weighted by Gasteiger charge is 2.17. The second-order valence-electron chi connectivity index (χ2n) is 2.84. The topological polar surface area (TPSA) is 29.5 Å². The Morgan fingerprint density at radius 2 is 2.46 bits per heavy atom. The summed E-state index contributed by atoms with van der Waals surface area (Å²) in [6.07, 6.45) is 2.81. The molecule has 1 amide bonds. The Kier molecular flexibility index (Phi) is 4.52. The Morgan fingerprint density at radius 1 is 1.69 bits per heavy atom. The summed E-state index contributed by atoms with van der Waals surface area (Å²) < 4.78 is 5.33. The van der Waals surface area contributed by atoms with E-state index in [2.05, 4.69) is 0 Å². The van der Waals surface area contributed by atoms with Crippen LogP contribution in [-0.4, -0.2) is 34.7 Å². The number of ether oxygens (including phenoxy) is 1. The lowest BCUT2D eigenvalue weighted by atomic mass is 10.1. The van der Waals surface area contributed by atoms with Gasteiger partial charge in [0.25, 0.3) is 0 Å². The Bertz CT molecular complexity index is 208. The fourth-order valence-corrected chi connectivity index (χ4v) is 2.00. The molecule has 0 N–H and O–H groups in total. The van der Waals surface area contributed by atoms with Gasteiger partial charge in [0, 0.05) is 13.0 Å². The molecule has 74 valence electrons. The van der Waals surface area contributed by atoms with Crippen molar-refractivity contribution >= 4 is 34.3 Å². The second kappa shape index (κ2) is 5.44. The summed E-state index contributed by atoms with van der Waals surface area (Å²) in [5.41, 5.74) is 0. The summed E-state index contributed by atoms with van der Waals surface area (Å²) in [5, 5.41) is 0. The van der Waals surface area contributed by atoms with E-state index >= 15 is 0 Å². The molecular weight excluding hydrogens is 206 g/mol. The summed E-state index contributed by atoms with van der Waals surface area (Å²) in [6.45, 7) is 0.859. The van der Waals surface area contributed by atoms with Crippen molar-refractivity contribution in [3.8, 4) is 0 Å². The van der Waals surface area contributed by atoms with Crippen LogP contribution in [0.3, 0.4) is 0 Å². The third-order valence-corrected chi connectivity index (χ3v) is 3.29. The molecule has 0 aromatic heterocycles. The zero-order valence-corrected chi connectivity index (χ0v) is 9.25. The largest absolute Gasteiger partial charge is 0.482 e. The highest BCUT2D eigenvalue weighted by molar-refractivity contribution is 8.22. The third kappa shape index (κ3) is 3.52. The first-order valence-electron chi connectivity index (χ1n) is 4.22. The normalized spacial score (nSPS) is 17.3. The number of hydrogen-bond donors (Lipinski definition) is 0. The van der Waals surface area contributed by atoms with Gasteiger partial charge in [-0.1, -0.05) is 11.8 Å². The molecule has 0 saturated carbocycles. The van der Waals surface area contributed by atoms with Crippen molar-refractivity contribution in [1.82, 2.24) is 4.90 Å². The van der Waals surface area contributed by atoms with E-state index in [0.29, 0.717) is 16.7 Å². The van der Waals surface area contributed by atoms with Gasteiger partial charge in [-0.3, -0.25) is 4.79 Å². The molecule has 1 rings (SSSR count). The second-order valence-corrected chi connectivity index (χ2v) is 4.39. The van der Waals surface area contributed by atoms with Crippen molar-refractivity contribution < 1.29 is 9.53 Å². The molecule has 1 saturated heterocycles. The quantitative estimate of drug-likeness (QED) is 0.660. The first-order chi connectivity index (χ1) is 6.24. The van der Waals surface area contributed by atoms with Gasteiger partial charge in [0.1, 0.15) is 0 Å². The van der Waals surface area contributed by atoms with Gasteiger partial charge in [-0.2, -0.15) is 0 Å². The standard InChI is InChI=1S/C8H13NO2S2/c1-11-8(12)13-6-9-5-3-2-4-7(9)10/h2-6H2,1H3. The van der Waals surface area contributed by atoms with Crippen molar-refractivity contribution in [3.63, 3.8) is 0 Å². The smallest absolute Gasteiger partial charge is 0.223 e. The van der Waals surface area contributed by atoms with E-state index in [0.717, 1.165) is 19.4 Å². The minimum Gasteiger partial charge on any atom is -0.482 e. The fraction of sp³-hybridized carbons (Fsp3) is 0.750. The van der Waals surface area contributed by atoms with E-state index in [1.54, 1.807) is 7.11 Å². The lowest BCUT2D eigenvalue weighted by molar-refractivity contribution is -0.132. The number of piperidine rings is 1. The van der Waals surface area contributed by atoms with Crippen molar-refractivity contribution in [2.45, 2.75) is 19.3 Å². The van der Waals surface area contributed by atoms with Gasteiger partial charge in [-0.05, 0) is 25.1 Å². The summed E-state index contributed by atoms with van der Waals surface area (Å²) in [7, 11) is 1.55. The van der Waals surface area contributed by atoms with E-state index in [4.69, 9.17) is 17.0 Å². The predicted octanol–water partition coefficient (Wildman–Crippen LogP) is 1.62. The zero-order chi connectivity index (χ0) is 9.68. The molecule has 1 aliphatic rings. The summed E-state index contributed by atoms with van der Waals surface area (Å²) in [4.78, 5) is 13.2. The number of rotatable bonds is 2. The molecule has 0 atom stereocenters. The van der Waals surface area contributed by atoms with E-state index in [1.807, 2.05) is 4.90 Å². The number of carbonyl (C=O) groups excluding carboxylic acids is 1. The molecule has 0 unspecified atom stereocenters. The van der Waals surface area contributed by atoms with E-state index < -0.39 is 0 Å². The van der Waals surface area contributed by atoms with Crippen molar-refractivity contribution in [2.75, 3.05) is 19.5 Å². The van der Waals surface area contributed by atoms with Crippen LogP contribution in [-0.2, 0) is 9.53 Å². The van der Waals surface area contributed by atoms with Crippen LogP contribution in [0.5, 0.6) is 0 Å². The Morgan fingerprint density at radius 3 is 3.08 bits per heavy atom. The Balaban J connectivity index is 2.26. The number of likely N-dealkylation sites (tertiary alicyclic amines) is 1. The van der Waals surface area contributed by atoms with Gasteiger partial charge in [-0.15, -0.1) is 0 Å². The number of nitrogens with zero attached hydrogens (tertiary/aromatic N) is 1. The highest BCUT2D eigenvalue weighted by Crippen LogP contribution is 2.15. The minimum atomic E-state index is 0.234. The van der Waals surface area contributed by atoms with Gasteiger partial charge >= 0.3 is 0 Å². The maximum atomic E-state index is 11.3. The van der Waals surface area contributed by atoms with Crippen LogP contribution >= 0.6 is 24.0 Å². The van der Waals surface area contributed by atoms with Crippen LogP contribution in [0.25, 0.3) is 0 Å². The molecule has 5 heteroatoms. The molecule has 0 bridgehead atoms. The molecule has 1 heterocycles. The average Bonchev–Trinajstić information content (AvgIpc) is 2.16. The number of methoxy groups -OCH3 is 1. The summed E-state index contributed by atoms with van der Waals surface area (Å²) in [5.74, 6) is 0.864. The highest BCUT2D eigenvalue weighted by atomic mass is 32.2. The molecule has 0 spiro atoms.